The van der Waals surface area contributed by atoms with Gasteiger partial charge in [0.1, 0.15) is 5.52 Å². The Morgan fingerprint density at radius 2 is 2.29 bits per heavy atom. The zero-order chi connectivity index (χ0) is 10.3. The molecule has 1 aromatic heterocycles. The van der Waals surface area contributed by atoms with Crippen molar-refractivity contribution in [1.82, 2.24) is 4.98 Å². The van der Waals surface area contributed by atoms with Crippen LogP contribution in [0.3, 0.4) is 0 Å². The number of carboxylic acids is 1. The van der Waals surface area contributed by atoms with Gasteiger partial charge in [-0.2, -0.15) is 0 Å². The van der Waals surface area contributed by atoms with Gasteiger partial charge in [-0.3, -0.25) is 0 Å². The van der Waals surface area contributed by atoms with Crippen LogP contribution in [0, 0.1) is 0 Å². The van der Waals surface area contributed by atoms with Crippen molar-refractivity contribution in [3.05, 3.63) is 22.7 Å². The molecule has 6 heteroatoms. The van der Waals surface area contributed by atoms with Gasteiger partial charge in [-0.25, -0.2) is 9.78 Å². The normalized spacial score (nSPS) is 10.6. The van der Waals surface area contributed by atoms with Crippen molar-refractivity contribution in [2.24, 2.45) is 0 Å². The first-order chi connectivity index (χ1) is 6.59. The molecule has 0 saturated heterocycles. The van der Waals surface area contributed by atoms with Crippen LogP contribution in [0.1, 0.15) is 10.4 Å². The van der Waals surface area contributed by atoms with E-state index in [2.05, 4.69) is 4.98 Å². The molecule has 72 valence electrons. The summed E-state index contributed by atoms with van der Waals surface area (Å²) < 4.78 is 0.789. The quantitative estimate of drug-likeness (QED) is 0.785. The lowest BCUT2D eigenvalue weighted by Gasteiger charge is -1.97. The largest absolute Gasteiger partial charge is 0.478 e. The van der Waals surface area contributed by atoms with Crippen molar-refractivity contribution in [2.75, 3.05) is 5.73 Å². The van der Waals surface area contributed by atoms with E-state index < -0.39 is 5.97 Å². The summed E-state index contributed by atoms with van der Waals surface area (Å²) in [6.07, 6.45) is 0. The van der Waals surface area contributed by atoms with Crippen molar-refractivity contribution >= 4 is 44.3 Å². The topological polar surface area (TPSA) is 76.2 Å². The number of hydrogen-bond acceptors (Lipinski definition) is 4. The van der Waals surface area contributed by atoms with Gasteiger partial charge >= 0.3 is 5.97 Å². The molecule has 2 rings (SSSR count). The third-order valence-corrected chi connectivity index (χ3v) is 2.98. The summed E-state index contributed by atoms with van der Waals surface area (Å²) in [5.41, 5.74) is 5.99. The Morgan fingerprint density at radius 1 is 1.57 bits per heavy atom. The van der Waals surface area contributed by atoms with E-state index in [0.29, 0.717) is 10.6 Å². The van der Waals surface area contributed by atoms with Crippen LogP contribution in [-0.2, 0) is 0 Å². The fourth-order valence-electron chi connectivity index (χ4n) is 1.14. The maximum atomic E-state index is 10.7. The van der Waals surface area contributed by atoms with Crippen molar-refractivity contribution < 1.29 is 9.90 Å². The molecular formula is C8H5ClN2O2S. The van der Waals surface area contributed by atoms with E-state index in [-0.39, 0.29) is 10.6 Å². The lowest BCUT2D eigenvalue weighted by atomic mass is 10.2. The zero-order valence-corrected chi connectivity index (χ0v) is 8.39. The third-order valence-electron chi connectivity index (χ3n) is 1.75. The molecule has 0 radical (unpaired) electrons. The van der Waals surface area contributed by atoms with Crippen molar-refractivity contribution in [2.45, 2.75) is 0 Å². The van der Waals surface area contributed by atoms with E-state index in [9.17, 15) is 4.79 Å². The monoisotopic (exact) mass is 228 g/mol. The predicted molar refractivity (Wildman–Crippen MR) is 56.0 cm³/mol. The minimum absolute atomic E-state index is 0.0458. The summed E-state index contributed by atoms with van der Waals surface area (Å²) in [6.45, 7) is 0. The fraction of sp³-hybridized carbons (Fsp3) is 0. The zero-order valence-electron chi connectivity index (χ0n) is 6.82. The van der Waals surface area contributed by atoms with E-state index >= 15 is 0 Å². The molecule has 0 unspecified atom stereocenters. The Bertz CT molecular complexity index is 523. The number of nitrogens with zero attached hydrogens (tertiary/aromatic N) is 1. The van der Waals surface area contributed by atoms with Gasteiger partial charge in [-0.15, -0.1) is 0 Å². The molecule has 0 amide bonds. The van der Waals surface area contributed by atoms with Crippen LogP contribution >= 0.6 is 22.9 Å². The molecule has 0 bridgehead atoms. The molecule has 14 heavy (non-hydrogen) atoms. The fourth-order valence-corrected chi connectivity index (χ4v) is 2.23. The van der Waals surface area contributed by atoms with Crippen molar-refractivity contribution in [1.29, 1.82) is 0 Å². The number of aromatic nitrogens is 1. The maximum Gasteiger partial charge on any atom is 0.337 e. The number of anilines is 1. The van der Waals surface area contributed by atoms with E-state index in [4.69, 9.17) is 22.4 Å². The van der Waals surface area contributed by atoms with Crippen molar-refractivity contribution in [3.8, 4) is 0 Å². The van der Waals surface area contributed by atoms with E-state index in [1.165, 1.54) is 17.4 Å². The number of thiazole rings is 1. The summed E-state index contributed by atoms with van der Waals surface area (Å²) >= 11 is 7.13. The van der Waals surface area contributed by atoms with Gasteiger partial charge in [0.05, 0.1) is 15.3 Å². The molecule has 4 nitrogen and oxygen atoms in total. The van der Waals surface area contributed by atoms with Gasteiger partial charge in [-0.05, 0) is 12.1 Å². The number of fused-ring (bicyclic) bond motifs is 1. The maximum absolute atomic E-state index is 10.7. The van der Waals surface area contributed by atoms with Crippen LogP contribution in [0.15, 0.2) is 12.1 Å². The van der Waals surface area contributed by atoms with Gasteiger partial charge < -0.3 is 10.8 Å². The van der Waals surface area contributed by atoms with Gasteiger partial charge in [0.15, 0.2) is 5.13 Å². The van der Waals surface area contributed by atoms with E-state index in [0.717, 1.165) is 4.70 Å². The van der Waals surface area contributed by atoms with Gasteiger partial charge in [0.2, 0.25) is 0 Å². The van der Waals surface area contributed by atoms with Crippen LogP contribution in [0.4, 0.5) is 5.13 Å². The lowest BCUT2D eigenvalue weighted by molar-refractivity contribution is 0.0697. The van der Waals surface area contributed by atoms with Gasteiger partial charge in [-0.1, -0.05) is 22.9 Å². The van der Waals surface area contributed by atoms with Crippen LogP contribution < -0.4 is 5.73 Å². The van der Waals surface area contributed by atoms with Crippen LogP contribution in [0.5, 0.6) is 0 Å². The number of carboxylic acid groups (broad SMARTS) is 1. The number of hydrogen-bond donors (Lipinski definition) is 2. The predicted octanol–water partition coefficient (Wildman–Crippen LogP) is 2.23. The summed E-state index contributed by atoms with van der Waals surface area (Å²) in [7, 11) is 0. The minimum atomic E-state index is -1.07. The average Bonchev–Trinajstić information content (AvgIpc) is 2.46. The first-order valence-corrected chi connectivity index (χ1v) is 4.87. The Balaban J connectivity index is 2.80. The summed E-state index contributed by atoms with van der Waals surface area (Å²) in [6, 6.07) is 3.10. The summed E-state index contributed by atoms with van der Waals surface area (Å²) in [5, 5.41) is 9.31. The molecule has 0 aliphatic carbocycles. The Morgan fingerprint density at radius 3 is 2.93 bits per heavy atom. The number of carbonyl (C=O) groups is 1. The number of nitrogens with two attached hydrogens (primary N) is 1. The Labute approximate surface area is 87.9 Å². The number of aromatic carboxylic acids is 1. The van der Waals surface area contributed by atoms with Gasteiger partial charge in [0.25, 0.3) is 0 Å². The Kier molecular flexibility index (Phi) is 2.05. The average molecular weight is 229 g/mol. The molecule has 1 aromatic carbocycles. The number of halogens is 1. The molecule has 0 atom stereocenters. The van der Waals surface area contributed by atoms with Gasteiger partial charge in [0, 0.05) is 0 Å². The highest BCUT2D eigenvalue weighted by atomic mass is 35.5. The molecule has 3 N–H and O–H groups in total. The standard InChI is InChI=1S/C8H5ClN2O2S/c9-5-3(7(12)13)1-2-4-6(5)11-8(10)14-4/h1-2H,(H2,10,11)(H,12,13). The summed E-state index contributed by atoms with van der Waals surface area (Å²) in [5.74, 6) is -1.07. The van der Waals surface area contributed by atoms with Crippen molar-refractivity contribution in [3.63, 3.8) is 0 Å². The molecule has 2 aromatic rings. The molecule has 0 aliphatic heterocycles. The number of benzene rings is 1. The first-order valence-electron chi connectivity index (χ1n) is 3.67. The van der Waals surface area contributed by atoms with Crippen LogP contribution in [0.25, 0.3) is 10.2 Å². The lowest BCUT2D eigenvalue weighted by Crippen LogP contribution is -1.97. The molecule has 1 heterocycles. The molecule has 0 saturated carbocycles. The second kappa shape index (κ2) is 3.11. The highest BCUT2D eigenvalue weighted by molar-refractivity contribution is 7.22. The second-order valence-corrected chi connectivity index (χ2v) is 4.07. The molecule has 0 spiro atoms. The molecule has 0 aliphatic rings. The second-order valence-electron chi connectivity index (χ2n) is 2.63. The number of rotatable bonds is 1. The van der Waals surface area contributed by atoms with Crippen LogP contribution in [0.2, 0.25) is 5.02 Å². The highest BCUT2D eigenvalue weighted by Crippen LogP contribution is 2.31. The smallest absolute Gasteiger partial charge is 0.337 e. The van der Waals surface area contributed by atoms with E-state index in [1.807, 2.05) is 0 Å². The highest BCUT2D eigenvalue weighted by Gasteiger charge is 2.14. The van der Waals surface area contributed by atoms with E-state index in [1.54, 1.807) is 6.07 Å². The minimum Gasteiger partial charge on any atom is -0.478 e. The third kappa shape index (κ3) is 1.30. The van der Waals surface area contributed by atoms with Crippen LogP contribution in [-0.4, -0.2) is 16.1 Å². The SMILES string of the molecule is Nc1nc2c(Cl)c(C(=O)O)ccc2s1. The Hall–Kier alpha value is -1.33. The molecule has 0 fully saturated rings. The number of nitrogen functional groups attached to an aromatic ring is 1. The molecular weight excluding hydrogens is 224 g/mol. The summed E-state index contributed by atoms with van der Waals surface area (Å²) in [4.78, 5) is 14.7. The first kappa shape index (κ1) is 9.23.